The van der Waals surface area contributed by atoms with Gasteiger partial charge in [0.2, 0.25) is 0 Å². The fraction of sp³-hybridized carbons (Fsp3) is 0. The molecule has 0 amide bonds. The molecule has 118 valence electrons. The molecule has 0 saturated carbocycles. The third-order valence-corrected chi connectivity index (χ3v) is 6.12. The highest BCUT2D eigenvalue weighted by atomic mass is 14.2. The summed E-state index contributed by atoms with van der Waals surface area (Å²) in [5, 5.41) is 16.4. The standard InChI is InChI=1S/C26H14/c1-2-6-19-18(4-1)14-22-20-7-3-5-15-8-9-16-10-11-17-12-13-21(19)26(22)25(17)24(16)23(15)20/h1-14H. The van der Waals surface area contributed by atoms with Crippen LogP contribution < -0.4 is 0 Å². The molecule has 7 rings (SSSR count). The van der Waals surface area contributed by atoms with Gasteiger partial charge in [-0.15, -0.1) is 0 Å². The van der Waals surface area contributed by atoms with Crippen molar-refractivity contribution in [3.8, 4) is 0 Å². The minimum Gasteiger partial charge on any atom is -0.0616 e. The predicted octanol–water partition coefficient (Wildman–Crippen LogP) is 7.48. The first-order valence-electron chi connectivity index (χ1n) is 9.13. The lowest BCUT2D eigenvalue weighted by Crippen LogP contribution is -1.90. The van der Waals surface area contributed by atoms with E-state index in [1.807, 2.05) is 0 Å². The van der Waals surface area contributed by atoms with Crippen molar-refractivity contribution in [1.82, 2.24) is 0 Å². The molecule has 0 aliphatic heterocycles. The third kappa shape index (κ3) is 1.35. The van der Waals surface area contributed by atoms with Gasteiger partial charge in [0.05, 0.1) is 0 Å². The summed E-state index contributed by atoms with van der Waals surface area (Å²) in [4.78, 5) is 0. The van der Waals surface area contributed by atoms with Crippen molar-refractivity contribution < 1.29 is 0 Å². The van der Waals surface area contributed by atoms with E-state index in [4.69, 9.17) is 0 Å². The molecule has 0 aromatic heterocycles. The summed E-state index contributed by atoms with van der Waals surface area (Å²) in [6.45, 7) is 0. The van der Waals surface area contributed by atoms with Crippen molar-refractivity contribution in [3.05, 3.63) is 84.9 Å². The minimum absolute atomic E-state index is 1.32. The maximum atomic E-state index is 2.39. The highest BCUT2D eigenvalue weighted by molar-refractivity contribution is 6.41. The first kappa shape index (κ1) is 12.9. The van der Waals surface area contributed by atoms with Gasteiger partial charge in [-0.1, -0.05) is 78.9 Å². The molecule has 0 spiro atoms. The maximum Gasteiger partial charge on any atom is -0.00137 e. The first-order valence-corrected chi connectivity index (χ1v) is 9.13. The van der Waals surface area contributed by atoms with Gasteiger partial charge >= 0.3 is 0 Å². The van der Waals surface area contributed by atoms with Gasteiger partial charge in [-0.2, -0.15) is 0 Å². The smallest absolute Gasteiger partial charge is 0.00137 e. The zero-order chi connectivity index (χ0) is 16.8. The maximum absolute atomic E-state index is 2.39. The summed E-state index contributed by atoms with van der Waals surface area (Å²) < 4.78 is 0. The molecule has 7 aromatic rings. The Bertz CT molecular complexity index is 1610. The van der Waals surface area contributed by atoms with Crippen LogP contribution in [0.25, 0.3) is 64.6 Å². The topological polar surface area (TPSA) is 0 Å². The Labute approximate surface area is 149 Å². The van der Waals surface area contributed by atoms with Gasteiger partial charge in [-0.05, 0) is 70.7 Å². The van der Waals surface area contributed by atoms with E-state index in [2.05, 4.69) is 84.9 Å². The van der Waals surface area contributed by atoms with Gasteiger partial charge in [-0.3, -0.25) is 0 Å². The highest BCUT2D eigenvalue weighted by Crippen LogP contribution is 2.46. The number of fused-ring (bicyclic) bond motifs is 3. The van der Waals surface area contributed by atoms with E-state index < -0.39 is 0 Å². The van der Waals surface area contributed by atoms with Crippen molar-refractivity contribution in [3.63, 3.8) is 0 Å². The van der Waals surface area contributed by atoms with Crippen molar-refractivity contribution in [1.29, 1.82) is 0 Å². The molecule has 0 aliphatic carbocycles. The average Bonchev–Trinajstić information content (AvgIpc) is 2.71. The van der Waals surface area contributed by atoms with Gasteiger partial charge in [0, 0.05) is 0 Å². The Morgan fingerprint density at radius 1 is 0.308 bits per heavy atom. The van der Waals surface area contributed by atoms with Gasteiger partial charge in [-0.25, -0.2) is 0 Å². The van der Waals surface area contributed by atoms with Crippen LogP contribution in [0.5, 0.6) is 0 Å². The molecule has 0 bridgehead atoms. The van der Waals surface area contributed by atoms with Crippen molar-refractivity contribution >= 4 is 64.6 Å². The van der Waals surface area contributed by atoms with Crippen LogP contribution in [-0.4, -0.2) is 0 Å². The van der Waals surface area contributed by atoms with E-state index >= 15 is 0 Å². The van der Waals surface area contributed by atoms with Crippen molar-refractivity contribution in [2.45, 2.75) is 0 Å². The summed E-state index contributed by atoms with van der Waals surface area (Å²) >= 11 is 0. The molecule has 26 heavy (non-hydrogen) atoms. The minimum atomic E-state index is 1.32. The van der Waals surface area contributed by atoms with Gasteiger partial charge in [0.1, 0.15) is 0 Å². The Morgan fingerprint density at radius 3 is 1.73 bits per heavy atom. The van der Waals surface area contributed by atoms with Gasteiger partial charge in [0.15, 0.2) is 0 Å². The lowest BCUT2D eigenvalue weighted by atomic mass is 9.84. The van der Waals surface area contributed by atoms with Gasteiger partial charge in [0.25, 0.3) is 0 Å². The van der Waals surface area contributed by atoms with Crippen LogP contribution in [0.2, 0.25) is 0 Å². The van der Waals surface area contributed by atoms with Crippen LogP contribution >= 0.6 is 0 Å². The molecule has 7 aromatic carbocycles. The van der Waals surface area contributed by atoms with E-state index in [1.165, 1.54) is 64.6 Å². The van der Waals surface area contributed by atoms with E-state index in [1.54, 1.807) is 0 Å². The highest BCUT2D eigenvalue weighted by Gasteiger charge is 2.17. The van der Waals surface area contributed by atoms with Crippen LogP contribution in [0, 0.1) is 0 Å². The second-order valence-electron chi connectivity index (χ2n) is 7.36. The SMILES string of the molecule is c1ccc2c(c1)cc1c3cccc4ccc5ccc6ccc2c1c6c5c43. The number of hydrogen-bond acceptors (Lipinski definition) is 0. The molecule has 0 radical (unpaired) electrons. The molecule has 0 nitrogen and oxygen atoms in total. The van der Waals surface area contributed by atoms with Crippen LogP contribution in [0.3, 0.4) is 0 Å². The lowest BCUT2D eigenvalue weighted by molar-refractivity contribution is 1.79. The molecule has 0 unspecified atom stereocenters. The Morgan fingerprint density at radius 2 is 0.885 bits per heavy atom. The van der Waals surface area contributed by atoms with Crippen LogP contribution in [0.1, 0.15) is 0 Å². The summed E-state index contributed by atoms with van der Waals surface area (Å²) in [5.74, 6) is 0. The second-order valence-corrected chi connectivity index (χ2v) is 7.36. The summed E-state index contributed by atoms with van der Waals surface area (Å²) in [6.07, 6.45) is 0. The first-order chi connectivity index (χ1) is 12.9. The second kappa shape index (κ2) is 4.23. The van der Waals surface area contributed by atoms with E-state index in [0.717, 1.165) is 0 Å². The quantitative estimate of drug-likeness (QED) is 0.200. The van der Waals surface area contributed by atoms with E-state index in [9.17, 15) is 0 Å². The van der Waals surface area contributed by atoms with E-state index in [-0.39, 0.29) is 0 Å². The fourth-order valence-corrected chi connectivity index (χ4v) is 5.05. The third-order valence-electron chi connectivity index (χ3n) is 6.12. The predicted molar refractivity (Wildman–Crippen MR) is 114 cm³/mol. The Balaban J connectivity index is 2.01. The molecule has 0 heterocycles. The normalized spacial score (nSPS) is 12.6. The average molecular weight is 326 g/mol. The zero-order valence-electron chi connectivity index (χ0n) is 14.1. The van der Waals surface area contributed by atoms with Crippen LogP contribution in [0.4, 0.5) is 0 Å². The molecule has 0 heteroatoms. The number of benzene rings is 7. The summed E-state index contributed by atoms with van der Waals surface area (Å²) in [5.41, 5.74) is 0. The summed E-state index contributed by atoms with van der Waals surface area (Å²) in [6, 6.07) is 31.6. The lowest BCUT2D eigenvalue weighted by Gasteiger charge is -2.19. The van der Waals surface area contributed by atoms with Crippen LogP contribution in [-0.2, 0) is 0 Å². The molecule has 0 N–H and O–H groups in total. The Kier molecular flexibility index (Phi) is 2.10. The fourth-order valence-electron chi connectivity index (χ4n) is 5.05. The van der Waals surface area contributed by atoms with Crippen molar-refractivity contribution in [2.75, 3.05) is 0 Å². The Hall–Kier alpha value is -3.38. The van der Waals surface area contributed by atoms with Crippen LogP contribution in [0.15, 0.2) is 84.9 Å². The monoisotopic (exact) mass is 326 g/mol. The van der Waals surface area contributed by atoms with E-state index in [0.29, 0.717) is 0 Å². The number of hydrogen-bond donors (Lipinski definition) is 0. The largest absolute Gasteiger partial charge is 0.0616 e. The number of rotatable bonds is 0. The molecule has 0 fully saturated rings. The van der Waals surface area contributed by atoms with Crippen molar-refractivity contribution in [2.24, 2.45) is 0 Å². The molecular weight excluding hydrogens is 312 g/mol. The molecule has 0 atom stereocenters. The zero-order valence-corrected chi connectivity index (χ0v) is 14.1. The molecular formula is C26H14. The van der Waals surface area contributed by atoms with Gasteiger partial charge < -0.3 is 0 Å². The molecule has 0 saturated heterocycles. The summed E-state index contributed by atoms with van der Waals surface area (Å²) in [7, 11) is 0. The molecule has 0 aliphatic rings.